The van der Waals surface area contributed by atoms with Gasteiger partial charge in [0.2, 0.25) is 0 Å². The zero-order valence-electron chi connectivity index (χ0n) is 11.1. The third-order valence-corrected chi connectivity index (χ3v) is 4.43. The van der Waals surface area contributed by atoms with E-state index in [0.717, 1.165) is 12.0 Å². The molecule has 0 aromatic carbocycles. The molecule has 2 heteroatoms. The van der Waals surface area contributed by atoms with E-state index in [9.17, 15) is 0 Å². The van der Waals surface area contributed by atoms with Gasteiger partial charge in [0.25, 0.3) is 0 Å². The van der Waals surface area contributed by atoms with Gasteiger partial charge in [0.05, 0.1) is 0 Å². The molecule has 0 radical (unpaired) electrons. The Morgan fingerprint density at radius 2 is 1.56 bits per heavy atom. The molecule has 2 aliphatic rings. The second kappa shape index (κ2) is 6.02. The molecular formula is C14H28N2. The third kappa shape index (κ3) is 3.21. The molecule has 0 aliphatic carbocycles. The Labute approximate surface area is 101 Å². The Morgan fingerprint density at radius 1 is 0.938 bits per heavy atom. The molecule has 0 aromatic rings. The Morgan fingerprint density at radius 3 is 2.12 bits per heavy atom. The summed E-state index contributed by atoms with van der Waals surface area (Å²) < 4.78 is 0. The van der Waals surface area contributed by atoms with Crippen LogP contribution in [0.2, 0.25) is 0 Å². The molecule has 2 rings (SSSR count). The SMILES string of the molecule is CCCN1CCC(N2CCC(C)CC2)CC1. The monoisotopic (exact) mass is 224 g/mol. The van der Waals surface area contributed by atoms with Crippen molar-refractivity contribution >= 4 is 0 Å². The van der Waals surface area contributed by atoms with Crippen molar-refractivity contribution in [3.05, 3.63) is 0 Å². The van der Waals surface area contributed by atoms with E-state index in [1.807, 2.05) is 0 Å². The highest BCUT2D eigenvalue weighted by atomic mass is 15.2. The lowest BCUT2D eigenvalue weighted by molar-refractivity contribution is 0.0805. The minimum atomic E-state index is 0.903. The first-order chi connectivity index (χ1) is 7.79. The van der Waals surface area contributed by atoms with Crippen LogP contribution in [0.25, 0.3) is 0 Å². The van der Waals surface area contributed by atoms with Crippen LogP contribution in [-0.2, 0) is 0 Å². The fourth-order valence-corrected chi connectivity index (χ4v) is 3.22. The normalized spacial score (nSPS) is 27.4. The van der Waals surface area contributed by atoms with Gasteiger partial charge < -0.3 is 9.80 Å². The van der Waals surface area contributed by atoms with E-state index < -0.39 is 0 Å². The van der Waals surface area contributed by atoms with Gasteiger partial charge in [-0.3, -0.25) is 0 Å². The summed E-state index contributed by atoms with van der Waals surface area (Å²) in [5.41, 5.74) is 0. The average Bonchev–Trinajstić information content (AvgIpc) is 2.32. The van der Waals surface area contributed by atoms with Crippen molar-refractivity contribution < 1.29 is 0 Å². The fraction of sp³-hybridized carbons (Fsp3) is 1.00. The summed E-state index contributed by atoms with van der Waals surface area (Å²) in [4.78, 5) is 5.41. The highest BCUT2D eigenvalue weighted by Gasteiger charge is 2.26. The zero-order chi connectivity index (χ0) is 11.4. The molecule has 0 unspecified atom stereocenters. The van der Waals surface area contributed by atoms with Crippen molar-refractivity contribution in [2.24, 2.45) is 5.92 Å². The van der Waals surface area contributed by atoms with Gasteiger partial charge in [0.15, 0.2) is 0 Å². The largest absolute Gasteiger partial charge is 0.303 e. The molecule has 2 heterocycles. The van der Waals surface area contributed by atoms with Crippen LogP contribution in [0.3, 0.4) is 0 Å². The first kappa shape index (κ1) is 12.4. The number of piperidine rings is 2. The molecule has 2 saturated heterocycles. The Hall–Kier alpha value is -0.0800. The van der Waals surface area contributed by atoms with Crippen LogP contribution in [0.1, 0.15) is 46.0 Å². The summed E-state index contributed by atoms with van der Waals surface area (Å²) in [6.07, 6.45) is 6.99. The molecular weight excluding hydrogens is 196 g/mol. The zero-order valence-corrected chi connectivity index (χ0v) is 11.1. The fourth-order valence-electron chi connectivity index (χ4n) is 3.22. The molecule has 2 aliphatic heterocycles. The summed E-state index contributed by atoms with van der Waals surface area (Å²) >= 11 is 0. The van der Waals surface area contributed by atoms with Gasteiger partial charge in [-0.1, -0.05) is 13.8 Å². The number of nitrogens with zero attached hydrogens (tertiary/aromatic N) is 2. The molecule has 0 bridgehead atoms. The smallest absolute Gasteiger partial charge is 0.0120 e. The molecule has 2 nitrogen and oxygen atoms in total. The van der Waals surface area contributed by atoms with Crippen molar-refractivity contribution in [3.63, 3.8) is 0 Å². The van der Waals surface area contributed by atoms with Gasteiger partial charge in [-0.05, 0) is 70.7 Å². The van der Waals surface area contributed by atoms with E-state index in [1.165, 1.54) is 64.8 Å². The van der Waals surface area contributed by atoms with Gasteiger partial charge >= 0.3 is 0 Å². The van der Waals surface area contributed by atoms with Crippen LogP contribution in [0.15, 0.2) is 0 Å². The first-order valence-electron chi connectivity index (χ1n) is 7.26. The molecule has 94 valence electrons. The highest BCUT2D eigenvalue weighted by Crippen LogP contribution is 2.23. The second-order valence-electron chi connectivity index (χ2n) is 5.79. The van der Waals surface area contributed by atoms with Gasteiger partial charge in [-0.2, -0.15) is 0 Å². The van der Waals surface area contributed by atoms with Crippen molar-refractivity contribution in [2.75, 3.05) is 32.7 Å². The lowest BCUT2D eigenvalue weighted by Crippen LogP contribution is -2.47. The van der Waals surface area contributed by atoms with Crippen LogP contribution in [-0.4, -0.2) is 48.6 Å². The minimum Gasteiger partial charge on any atom is -0.303 e. The molecule has 16 heavy (non-hydrogen) atoms. The lowest BCUT2D eigenvalue weighted by Gasteiger charge is -2.41. The predicted molar refractivity (Wildman–Crippen MR) is 69.7 cm³/mol. The lowest BCUT2D eigenvalue weighted by atomic mass is 9.95. The van der Waals surface area contributed by atoms with Crippen molar-refractivity contribution in [3.8, 4) is 0 Å². The predicted octanol–water partition coefficient (Wildman–Crippen LogP) is 2.59. The number of hydrogen-bond donors (Lipinski definition) is 0. The van der Waals surface area contributed by atoms with Gasteiger partial charge in [0, 0.05) is 6.04 Å². The van der Waals surface area contributed by atoms with Crippen molar-refractivity contribution in [2.45, 2.75) is 52.0 Å². The second-order valence-corrected chi connectivity index (χ2v) is 5.79. The van der Waals surface area contributed by atoms with Crippen molar-refractivity contribution in [1.29, 1.82) is 0 Å². The third-order valence-electron chi connectivity index (χ3n) is 4.43. The van der Waals surface area contributed by atoms with Crippen LogP contribution < -0.4 is 0 Å². The first-order valence-corrected chi connectivity index (χ1v) is 7.26. The van der Waals surface area contributed by atoms with Gasteiger partial charge in [0.1, 0.15) is 0 Å². The summed E-state index contributed by atoms with van der Waals surface area (Å²) in [6, 6.07) is 0.903. The maximum atomic E-state index is 2.77. The van der Waals surface area contributed by atoms with E-state index in [-0.39, 0.29) is 0 Å². The van der Waals surface area contributed by atoms with E-state index in [2.05, 4.69) is 23.6 Å². The molecule has 0 atom stereocenters. The molecule has 0 spiro atoms. The average molecular weight is 224 g/mol. The van der Waals surface area contributed by atoms with Gasteiger partial charge in [-0.25, -0.2) is 0 Å². The summed E-state index contributed by atoms with van der Waals surface area (Å²) in [7, 11) is 0. The molecule has 0 amide bonds. The maximum Gasteiger partial charge on any atom is 0.0120 e. The van der Waals surface area contributed by atoms with E-state index >= 15 is 0 Å². The number of hydrogen-bond acceptors (Lipinski definition) is 2. The van der Waals surface area contributed by atoms with Gasteiger partial charge in [-0.15, -0.1) is 0 Å². The summed E-state index contributed by atoms with van der Waals surface area (Å²) in [6.45, 7) is 11.4. The molecule has 0 saturated carbocycles. The van der Waals surface area contributed by atoms with Crippen LogP contribution in [0, 0.1) is 5.92 Å². The standard InChI is InChI=1S/C14H28N2/c1-3-8-15-9-6-14(7-10-15)16-11-4-13(2)5-12-16/h13-14H,3-12H2,1-2H3. The Bertz CT molecular complexity index is 189. The van der Waals surface area contributed by atoms with E-state index in [0.29, 0.717) is 0 Å². The number of rotatable bonds is 3. The van der Waals surface area contributed by atoms with Crippen LogP contribution in [0.4, 0.5) is 0 Å². The maximum absolute atomic E-state index is 2.77. The molecule has 0 N–H and O–H groups in total. The molecule has 0 aromatic heterocycles. The van der Waals surface area contributed by atoms with E-state index in [4.69, 9.17) is 0 Å². The van der Waals surface area contributed by atoms with Crippen molar-refractivity contribution in [1.82, 2.24) is 9.80 Å². The Balaban J connectivity index is 1.72. The van der Waals surface area contributed by atoms with Crippen LogP contribution in [0.5, 0.6) is 0 Å². The summed E-state index contributed by atoms with van der Waals surface area (Å²) in [5.74, 6) is 0.969. The number of likely N-dealkylation sites (tertiary alicyclic amines) is 2. The topological polar surface area (TPSA) is 6.48 Å². The Kier molecular flexibility index (Phi) is 4.66. The highest BCUT2D eigenvalue weighted by molar-refractivity contribution is 4.82. The molecule has 2 fully saturated rings. The van der Waals surface area contributed by atoms with Crippen LogP contribution >= 0.6 is 0 Å². The van der Waals surface area contributed by atoms with E-state index in [1.54, 1.807) is 0 Å². The summed E-state index contributed by atoms with van der Waals surface area (Å²) in [5, 5.41) is 0. The quantitative estimate of drug-likeness (QED) is 0.727. The minimum absolute atomic E-state index is 0.903.